The van der Waals surface area contributed by atoms with Crippen LogP contribution in [0.3, 0.4) is 0 Å². The second kappa shape index (κ2) is 8.48. The van der Waals surface area contributed by atoms with Gasteiger partial charge in [0.1, 0.15) is 23.2 Å². The maximum absolute atomic E-state index is 15.0. The molecule has 0 spiro atoms. The summed E-state index contributed by atoms with van der Waals surface area (Å²) in [6, 6.07) is 12.6. The molecule has 1 aliphatic heterocycles. The number of hydrogen-bond donors (Lipinski definition) is 2. The maximum atomic E-state index is 15.0. The molecule has 9 nitrogen and oxygen atoms in total. The lowest BCUT2D eigenvalue weighted by Gasteiger charge is -2.33. The van der Waals surface area contributed by atoms with Crippen LogP contribution in [0.4, 0.5) is 16.0 Å². The molecule has 35 heavy (non-hydrogen) atoms. The van der Waals surface area contributed by atoms with Crippen LogP contribution in [0, 0.1) is 9.39 Å². The molecule has 0 fully saturated rings. The van der Waals surface area contributed by atoms with E-state index in [4.69, 9.17) is 4.74 Å². The first kappa shape index (κ1) is 21.8. The number of rotatable bonds is 4. The Morgan fingerprint density at radius 3 is 2.94 bits per heavy atom. The summed E-state index contributed by atoms with van der Waals surface area (Å²) in [6.07, 6.45) is 2.95. The number of aromatic nitrogens is 5. The van der Waals surface area contributed by atoms with Gasteiger partial charge in [-0.2, -0.15) is 10.1 Å². The van der Waals surface area contributed by atoms with Crippen LogP contribution in [-0.4, -0.2) is 51.0 Å². The van der Waals surface area contributed by atoms with Crippen LogP contribution >= 0.6 is 22.6 Å². The number of hydrogen-bond acceptors (Lipinski definition) is 7. The van der Waals surface area contributed by atoms with Crippen molar-refractivity contribution in [3.63, 3.8) is 0 Å². The number of nitrogens with one attached hydrogen (secondary N) is 2. The highest BCUT2D eigenvalue weighted by atomic mass is 127. The fraction of sp³-hybridized carbons (Fsp3) is 0.167. The molecule has 0 saturated heterocycles. The van der Waals surface area contributed by atoms with Crippen molar-refractivity contribution in [1.29, 1.82) is 0 Å². The Labute approximate surface area is 212 Å². The van der Waals surface area contributed by atoms with Crippen LogP contribution < -0.4 is 20.5 Å². The molecular weight excluding hydrogens is 564 g/mol. The largest absolute Gasteiger partial charge is 0.485 e. The lowest BCUT2D eigenvalue weighted by molar-refractivity contribution is 0.208. The van der Waals surface area contributed by atoms with Crippen molar-refractivity contribution in [2.45, 2.75) is 6.10 Å². The third-order valence-corrected chi connectivity index (χ3v) is 6.67. The SMILES string of the molecule is CN1CC(CNc2ncc3c4n[nH]cc4c(=O)n(-c4ccc(I)cc4F)c3n2)Oc2ccccc21. The first-order valence-corrected chi connectivity index (χ1v) is 12.0. The van der Waals surface area contributed by atoms with E-state index in [1.807, 2.05) is 53.9 Å². The summed E-state index contributed by atoms with van der Waals surface area (Å²) in [5.41, 5.74) is 1.44. The van der Waals surface area contributed by atoms with E-state index in [1.54, 1.807) is 18.3 Å². The molecule has 11 heteroatoms. The molecule has 2 N–H and O–H groups in total. The number of ether oxygens (including phenoxy) is 1. The number of nitrogens with zero attached hydrogens (tertiary/aromatic N) is 5. The number of likely N-dealkylation sites (N-methyl/N-ethyl adjacent to an activating group) is 1. The second-order valence-electron chi connectivity index (χ2n) is 8.28. The van der Waals surface area contributed by atoms with Gasteiger partial charge in [-0.1, -0.05) is 12.1 Å². The summed E-state index contributed by atoms with van der Waals surface area (Å²) in [4.78, 5) is 24.5. The normalized spacial score (nSPS) is 15.3. The molecule has 0 radical (unpaired) electrons. The minimum atomic E-state index is -0.520. The molecule has 0 bridgehead atoms. The molecule has 3 aromatic heterocycles. The van der Waals surface area contributed by atoms with Crippen LogP contribution in [0.5, 0.6) is 5.75 Å². The minimum Gasteiger partial charge on any atom is -0.485 e. The Morgan fingerprint density at radius 1 is 1.23 bits per heavy atom. The number of benzene rings is 2. The molecule has 4 heterocycles. The molecule has 1 aliphatic rings. The zero-order valence-electron chi connectivity index (χ0n) is 18.5. The predicted octanol–water partition coefficient (Wildman–Crippen LogP) is 3.71. The Bertz CT molecular complexity index is 1650. The quantitative estimate of drug-likeness (QED) is 0.311. The summed E-state index contributed by atoms with van der Waals surface area (Å²) in [5.74, 6) is 0.599. The number of H-pyrrole nitrogens is 1. The predicted molar refractivity (Wildman–Crippen MR) is 140 cm³/mol. The average molecular weight is 583 g/mol. The van der Waals surface area contributed by atoms with Gasteiger partial charge in [0.25, 0.3) is 5.56 Å². The number of halogens is 2. The van der Waals surface area contributed by atoms with Crippen LogP contribution in [0.1, 0.15) is 0 Å². The van der Waals surface area contributed by atoms with Gasteiger partial charge in [0.2, 0.25) is 5.95 Å². The maximum Gasteiger partial charge on any atom is 0.267 e. The summed E-state index contributed by atoms with van der Waals surface area (Å²) < 4.78 is 23.1. The van der Waals surface area contributed by atoms with Gasteiger partial charge in [0.05, 0.1) is 35.2 Å². The minimum absolute atomic E-state index is 0.113. The Kier molecular flexibility index (Phi) is 5.28. The van der Waals surface area contributed by atoms with E-state index in [0.29, 0.717) is 35.3 Å². The van der Waals surface area contributed by atoms with Crippen molar-refractivity contribution in [2.24, 2.45) is 0 Å². The van der Waals surface area contributed by atoms with Gasteiger partial charge in [-0.3, -0.25) is 14.5 Å². The first-order valence-electron chi connectivity index (χ1n) is 10.9. The van der Waals surface area contributed by atoms with Gasteiger partial charge in [0.15, 0.2) is 5.65 Å². The molecule has 176 valence electrons. The van der Waals surface area contributed by atoms with E-state index >= 15 is 0 Å². The number of aromatic amines is 1. The number of para-hydroxylation sites is 2. The second-order valence-corrected chi connectivity index (χ2v) is 9.53. The lowest BCUT2D eigenvalue weighted by Crippen LogP contribution is -2.41. The van der Waals surface area contributed by atoms with Crippen molar-refractivity contribution in [3.05, 3.63) is 74.6 Å². The summed E-state index contributed by atoms with van der Waals surface area (Å²) in [5, 5.41) is 11.0. The monoisotopic (exact) mass is 583 g/mol. The molecule has 2 aromatic carbocycles. The van der Waals surface area contributed by atoms with Gasteiger partial charge in [-0.05, 0) is 52.9 Å². The van der Waals surface area contributed by atoms with Gasteiger partial charge < -0.3 is 15.0 Å². The Morgan fingerprint density at radius 2 is 2.09 bits per heavy atom. The fourth-order valence-corrected chi connectivity index (χ4v) is 4.81. The standard InChI is InChI=1S/C24H19FIN7O2/c1-32-12-14(35-20-5-3-2-4-19(20)32)9-27-24-28-10-15-21-16(11-29-31-21)23(34)33(22(15)30-24)18-7-6-13(26)8-17(18)25/h2-8,10-11,14H,9,12H2,1H3,(H,29,31)(H,27,28,30). The molecule has 6 rings (SSSR count). The van der Waals surface area contributed by atoms with Crippen molar-refractivity contribution in [1.82, 2.24) is 24.7 Å². The molecule has 0 aliphatic carbocycles. The summed E-state index contributed by atoms with van der Waals surface area (Å²) in [7, 11) is 2.02. The zero-order chi connectivity index (χ0) is 24.1. The van der Waals surface area contributed by atoms with E-state index in [0.717, 1.165) is 15.0 Å². The Hall–Kier alpha value is -3.74. The van der Waals surface area contributed by atoms with Gasteiger partial charge in [-0.15, -0.1) is 0 Å². The van der Waals surface area contributed by atoms with E-state index in [9.17, 15) is 9.18 Å². The Balaban J connectivity index is 1.39. The van der Waals surface area contributed by atoms with Crippen LogP contribution in [0.2, 0.25) is 0 Å². The van der Waals surface area contributed by atoms with Crippen molar-refractivity contribution >= 4 is 56.2 Å². The van der Waals surface area contributed by atoms with E-state index in [1.165, 1.54) is 16.8 Å². The van der Waals surface area contributed by atoms with Crippen molar-refractivity contribution < 1.29 is 9.13 Å². The molecule has 1 unspecified atom stereocenters. The van der Waals surface area contributed by atoms with E-state index in [2.05, 4.69) is 30.4 Å². The smallest absolute Gasteiger partial charge is 0.267 e. The molecule has 0 amide bonds. The molecule has 0 saturated carbocycles. The van der Waals surface area contributed by atoms with Crippen LogP contribution in [0.25, 0.3) is 27.6 Å². The van der Waals surface area contributed by atoms with E-state index < -0.39 is 11.4 Å². The zero-order valence-corrected chi connectivity index (χ0v) is 20.7. The summed E-state index contributed by atoms with van der Waals surface area (Å²) in [6.45, 7) is 1.13. The topological polar surface area (TPSA) is 101 Å². The number of pyridine rings is 1. The number of fused-ring (bicyclic) bond motifs is 4. The highest BCUT2D eigenvalue weighted by molar-refractivity contribution is 14.1. The lowest BCUT2D eigenvalue weighted by atomic mass is 10.2. The highest BCUT2D eigenvalue weighted by Gasteiger charge is 2.24. The third-order valence-electron chi connectivity index (χ3n) is 6.00. The number of anilines is 2. The van der Waals surface area contributed by atoms with Crippen molar-refractivity contribution in [2.75, 3.05) is 30.4 Å². The average Bonchev–Trinajstić information content (AvgIpc) is 3.35. The van der Waals surface area contributed by atoms with Gasteiger partial charge in [0, 0.05) is 23.0 Å². The summed E-state index contributed by atoms with van der Waals surface area (Å²) >= 11 is 2.03. The highest BCUT2D eigenvalue weighted by Crippen LogP contribution is 2.32. The first-order chi connectivity index (χ1) is 17.0. The third kappa shape index (κ3) is 3.75. The van der Waals surface area contributed by atoms with Gasteiger partial charge in [-0.25, -0.2) is 9.37 Å². The van der Waals surface area contributed by atoms with Crippen LogP contribution in [-0.2, 0) is 0 Å². The molecule has 5 aromatic rings. The molecular formula is C24H19FIN7O2. The van der Waals surface area contributed by atoms with Crippen LogP contribution in [0.15, 0.2) is 59.7 Å². The fourth-order valence-electron chi connectivity index (χ4n) is 4.36. The molecule has 1 atom stereocenters. The van der Waals surface area contributed by atoms with E-state index in [-0.39, 0.29) is 17.4 Å². The van der Waals surface area contributed by atoms with Crippen molar-refractivity contribution in [3.8, 4) is 11.4 Å². The van der Waals surface area contributed by atoms with Gasteiger partial charge >= 0.3 is 0 Å².